The summed E-state index contributed by atoms with van der Waals surface area (Å²) in [5.41, 5.74) is 0.452. The second kappa shape index (κ2) is 5.16. The molecule has 1 aliphatic rings. The van der Waals surface area contributed by atoms with Crippen LogP contribution in [0.2, 0.25) is 4.34 Å². The zero-order chi connectivity index (χ0) is 16.1. The minimum Gasteiger partial charge on any atom is -0.323 e. The van der Waals surface area contributed by atoms with Gasteiger partial charge in [0, 0.05) is 9.40 Å². The molecule has 3 heterocycles. The van der Waals surface area contributed by atoms with Crippen molar-refractivity contribution in [1.82, 2.24) is 5.06 Å². The summed E-state index contributed by atoms with van der Waals surface area (Å²) >= 11 is 8.44. The summed E-state index contributed by atoms with van der Waals surface area (Å²) in [4.78, 5) is 41.8. The third kappa shape index (κ3) is 2.24. The molecule has 0 saturated carbocycles. The molecule has 3 aromatic rings. The maximum absolute atomic E-state index is 12.2. The smallest absolute Gasteiger partial charge is 0.323 e. The topological polar surface area (TPSA) is 63.7 Å². The Labute approximate surface area is 142 Å². The van der Waals surface area contributed by atoms with E-state index in [0.29, 0.717) is 14.3 Å². The Morgan fingerprint density at radius 1 is 1.00 bits per heavy atom. The molecule has 2 aromatic heterocycles. The van der Waals surface area contributed by atoms with E-state index in [1.807, 2.05) is 0 Å². The number of hydroxylamine groups is 2. The zero-order valence-corrected chi connectivity index (χ0v) is 13.6. The average Bonchev–Trinajstić information content (AvgIpc) is 3.14. The predicted octanol–water partition coefficient (Wildman–Crippen LogP) is 3.98. The lowest BCUT2D eigenvalue weighted by atomic mass is 10.1. The van der Waals surface area contributed by atoms with Crippen LogP contribution in [0.15, 0.2) is 36.4 Å². The summed E-state index contributed by atoms with van der Waals surface area (Å²) in [6, 6.07) is 9.72. The van der Waals surface area contributed by atoms with Gasteiger partial charge in [-0.3, -0.25) is 9.59 Å². The van der Waals surface area contributed by atoms with E-state index >= 15 is 0 Å². The summed E-state index contributed by atoms with van der Waals surface area (Å²) in [5.74, 6) is -2.02. The third-order valence-electron chi connectivity index (χ3n) is 3.31. The zero-order valence-electron chi connectivity index (χ0n) is 11.2. The van der Waals surface area contributed by atoms with Crippen LogP contribution >= 0.6 is 34.3 Å². The molecule has 1 aromatic carbocycles. The minimum absolute atomic E-state index is 0.226. The van der Waals surface area contributed by atoms with Gasteiger partial charge in [-0.05, 0) is 24.3 Å². The van der Waals surface area contributed by atoms with Crippen molar-refractivity contribution in [3.05, 3.63) is 56.7 Å². The Bertz CT molecular complexity index is 924. The van der Waals surface area contributed by atoms with Crippen LogP contribution in [0.1, 0.15) is 30.4 Å². The Morgan fingerprint density at radius 3 is 2.22 bits per heavy atom. The molecule has 23 heavy (non-hydrogen) atoms. The van der Waals surface area contributed by atoms with Crippen LogP contribution in [-0.4, -0.2) is 22.8 Å². The van der Waals surface area contributed by atoms with Crippen LogP contribution in [0.3, 0.4) is 0 Å². The molecule has 0 aliphatic carbocycles. The highest BCUT2D eigenvalue weighted by Crippen LogP contribution is 2.36. The molecule has 0 unspecified atom stereocenters. The van der Waals surface area contributed by atoms with Crippen molar-refractivity contribution >= 4 is 61.5 Å². The van der Waals surface area contributed by atoms with Gasteiger partial charge in [0.2, 0.25) is 0 Å². The number of benzene rings is 1. The Hall–Kier alpha value is -2.22. The number of halogens is 1. The van der Waals surface area contributed by atoms with Crippen LogP contribution in [-0.2, 0) is 4.84 Å². The number of nitrogens with zero attached hydrogens (tertiary/aromatic N) is 1. The number of amides is 2. The first-order valence-electron chi connectivity index (χ1n) is 6.43. The molecule has 114 valence electrons. The lowest BCUT2D eigenvalue weighted by Gasteiger charge is -2.11. The SMILES string of the molecule is O=C(ON1C(=O)c2ccccc2C1=O)c1cc2sc(Cl)cc2s1. The van der Waals surface area contributed by atoms with Crippen molar-refractivity contribution in [2.45, 2.75) is 0 Å². The van der Waals surface area contributed by atoms with Gasteiger partial charge < -0.3 is 4.84 Å². The quantitative estimate of drug-likeness (QED) is 0.646. The molecular formula is C15H6ClNO4S2. The van der Waals surface area contributed by atoms with Gasteiger partial charge in [0.15, 0.2) is 0 Å². The largest absolute Gasteiger partial charge is 0.373 e. The Kier molecular flexibility index (Phi) is 3.22. The van der Waals surface area contributed by atoms with Gasteiger partial charge in [-0.15, -0.1) is 22.7 Å². The maximum Gasteiger partial charge on any atom is 0.373 e. The van der Waals surface area contributed by atoms with Gasteiger partial charge in [-0.25, -0.2) is 4.79 Å². The summed E-state index contributed by atoms with van der Waals surface area (Å²) in [7, 11) is 0. The van der Waals surface area contributed by atoms with Gasteiger partial charge >= 0.3 is 5.97 Å². The van der Waals surface area contributed by atoms with E-state index < -0.39 is 17.8 Å². The molecule has 0 atom stereocenters. The van der Waals surface area contributed by atoms with E-state index in [2.05, 4.69) is 0 Å². The molecular weight excluding hydrogens is 358 g/mol. The summed E-state index contributed by atoms with van der Waals surface area (Å²) < 4.78 is 2.34. The van der Waals surface area contributed by atoms with E-state index in [0.717, 1.165) is 9.40 Å². The van der Waals surface area contributed by atoms with Gasteiger partial charge in [-0.1, -0.05) is 28.8 Å². The molecule has 0 N–H and O–H groups in total. The highest BCUT2D eigenvalue weighted by atomic mass is 35.5. The first kappa shape index (κ1) is 14.4. The lowest BCUT2D eigenvalue weighted by molar-refractivity contribution is -0.0581. The Morgan fingerprint density at radius 2 is 1.61 bits per heavy atom. The number of rotatable bonds is 2. The van der Waals surface area contributed by atoms with Crippen molar-refractivity contribution in [1.29, 1.82) is 0 Å². The number of hydrogen-bond acceptors (Lipinski definition) is 6. The van der Waals surface area contributed by atoms with Gasteiger partial charge in [0.05, 0.1) is 15.5 Å². The van der Waals surface area contributed by atoms with Crippen molar-refractivity contribution in [2.24, 2.45) is 0 Å². The van der Waals surface area contributed by atoms with E-state index in [1.165, 1.54) is 34.8 Å². The van der Waals surface area contributed by atoms with Crippen molar-refractivity contribution in [3.63, 3.8) is 0 Å². The van der Waals surface area contributed by atoms with Crippen LogP contribution in [0, 0.1) is 0 Å². The number of carbonyl (C=O) groups is 3. The van der Waals surface area contributed by atoms with E-state index in [1.54, 1.807) is 24.3 Å². The fraction of sp³-hybridized carbons (Fsp3) is 0. The monoisotopic (exact) mass is 363 g/mol. The number of carbonyl (C=O) groups excluding carboxylic acids is 3. The number of imide groups is 1. The molecule has 2 amide bonds. The first-order valence-corrected chi connectivity index (χ1v) is 8.44. The highest BCUT2D eigenvalue weighted by Gasteiger charge is 2.39. The molecule has 4 rings (SSSR count). The molecule has 0 fully saturated rings. The third-order valence-corrected chi connectivity index (χ3v) is 5.71. The van der Waals surface area contributed by atoms with Gasteiger partial charge in [0.1, 0.15) is 4.88 Å². The number of thiophene rings is 2. The second-order valence-corrected chi connectivity index (χ2v) is 7.52. The number of fused-ring (bicyclic) bond motifs is 2. The summed E-state index contributed by atoms with van der Waals surface area (Å²) in [6.45, 7) is 0. The highest BCUT2D eigenvalue weighted by molar-refractivity contribution is 7.30. The van der Waals surface area contributed by atoms with Crippen LogP contribution in [0.5, 0.6) is 0 Å². The number of hydrogen-bond donors (Lipinski definition) is 0. The van der Waals surface area contributed by atoms with E-state index in [4.69, 9.17) is 16.4 Å². The van der Waals surface area contributed by atoms with Crippen LogP contribution < -0.4 is 0 Å². The maximum atomic E-state index is 12.2. The molecule has 1 aliphatic heterocycles. The summed E-state index contributed by atoms with van der Waals surface area (Å²) in [5, 5.41) is 0.508. The fourth-order valence-electron chi connectivity index (χ4n) is 2.28. The van der Waals surface area contributed by atoms with Crippen molar-refractivity contribution < 1.29 is 19.2 Å². The van der Waals surface area contributed by atoms with Crippen LogP contribution in [0.4, 0.5) is 0 Å². The van der Waals surface area contributed by atoms with Crippen LogP contribution in [0.25, 0.3) is 9.40 Å². The molecule has 0 radical (unpaired) electrons. The standard InChI is InChI=1S/C15H6ClNO4S2/c16-12-6-10-9(23-12)5-11(22-10)15(20)21-17-13(18)7-3-1-2-4-8(7)14(17)19/h1-6H. The van der Waals surface area contributed by atoms with E-state index in [9.17, 15) is 14.4 Å². The first-order chi connectivity index (χ1) is 11.0. The predicted molar refractivity (Wildman–Crippen MR) is 87.1 cm³/mol. The fourth-order valence-corrected chi connectivity index (χ4v) is 4.70. The average molecular weight is 364 g/mol. The molecule has 5 nitrogen and oxygen atoms in total. The molecule has 0 bridgehead atoms. The van der Waals surface area contributed by atoms with Crippen molar-refractivity contribution in [2.75, 3.05) is 0 Å². The van der Waals surface area contributed by atoms with Gasteiger partial charge in [0.25, 0.3) is 11.8 Å². The van der Waals surface area contributed by atoms with E-state index in [-0.39, 0.29) is 11.1 Å². The summed E-state index contributed by atoms with van der Waals surface area (Å²) in [6.07, 6.45) is 0. The minimum atomic E-state index is -0.746. The molecule has 8 heteroatoms. The molecule has 0 spiro atoms. The second-order valence-electron chi connectivity index (χ2n) is 4.72. The molecule has 0 saturated heterocycles. The normalized spacial score (nSPS) is 13.7. The Balaban J connectivity index is 1.60. The lowest BCUT2D eigenvalue weighted by Crippen LogP contribution is -2.32. The van der Waals surface area contributed by atoms with Gasteiger partial charge in [-0.2, -0.15) is 0 Å². The van der Waals surface area contributed by atoms with Crippen molar-refractivity contribution in [3.8, 4) is 0 Å².